The van der Waals surface area contributed by atoms with Crippen molar-refractivity contribution >= 4 is 27.5 Å². The first-order chi connectivity index (χ1) is 14.9. The molecule has 31 heavy (non-hydrogen) atoms. The lowest BCUT2D eigenvalue weighted by Gasteiger charge is -2.18. The fraction of sp³-hybridized carbons (Fsp3) is 0.318. The Hall–Kier alpha value is -3.93. The lowest BCUT2D eigenvalue weighted by atomic mass is 10.1. The average molecular weight is 415 g/mol. The van der Waals surface area contributed by atoms with Gasteiger partial charge in [-0.2, -0.15) is 15.5 Å². The quantitative estimate of drug-likeness (QED) is 0.548. The molecule has 3 aromatic heterocycles. The number of nitrogens with one attached hydrogen (secondary N) is 1. The minimum Gasteiger partial charge on any atom is -0.362 e. The van der Waals surface area contributed by atoms with E-state index in [4.69, 9.17) is 0 Å². The molecule has 1 N–H and O–H groups in total. The standard InChI is InChI=1S/C22H21N7O2/c1-12(13-4-7-15-18(10-23)25-27(2)19(15)8-13)24-21-17-11-29(14-5-6-14)20(30)9-16(17)22(31)28(3)26-21/h4,7-9,11-12,14H,5-6H2,1-3H3,(H,24,26)/t12-/m1/s1. The van der Waals surface area contributed by atoms with Crippen LogP contribution in [0.15, 0.2) is 40.1 Å². The van der Waals surface area contributed by atoms with E-state index in [9.17, 15) is 14.9 Å². The Labute approximate surface area is 177 Å². The van der Waals surface area contributed by atoms with Gasteiger partial charge in [0.05, 0.1) is 16.9 Å². The van der Waals surface area contributed by atoms with Gasteiger partial charge in [0, 0.05) is 43.2 Å². The highest BCUT2D eigenvalue weighted by Crippen LogP contribution is 2.34. The third-order valence-corrected chi connectivity index (χ3v) is 5.89. The second-order valence-corrected chi connectivity index (χ2v) is 8.08. The van der Waals surface area contributed by atoms with Gasteiger partial charge in [-0.1, -0.05) is 6.07 Å². The van der Waals surface area contributed by atoms with Crippen molar-refractivity contribution in [3.63, 3.8) is 0 Å². The molecule has 4 aromatic rings. The summed E-state index contributed by atoms with van der Waals surface area (Å²) < 4.78 is 4.64. The van der Waals surface area contributed by atoms with Gasteiger partial charge in [0.25, 0.3) is 11.1 Å². The van der Waals surface area contributed by atoms with Crippen LogP contribution >= 0.6 is 0 Å². The molecule has 0 radical (unpaired) electrons. The highest BCUT2D eigenvalue weighted by molar-refractivity contribution is 5.90. The molecule has 1 saturated carbocycles. The zero-order valence-corrected chi connectivity index (χ0v) is 17.5. The molecule has 0 spiro atoms. The number of anilines is 1. The normalized spacial score (nSPS) is 14.6. The van der Waals surface area contributed by atoms with Gasteiger partial charge in [0.15, 0.2) is 11.5 Å². The van der Waals surface area contributed by atoms with E-state index in [1.807, 2.05) is 32.2 Å². The van der Waals surface area contributed by atoms with Crippen molar-refractivity contribution < 1.29 is 0 Å². The molecule has 9 heteroatoms. The minimum atomic E-state index is -0.298. The molecular weight excluding hydrogens is 394 g/mol. The van der Waals surface area contributed by atoms with Crippen LogP contribution in [0.25, 0.3) is 21.7 Å². The van der Waals surface area contributed by atoms with Crippen molar-refractivity contribution in [1.82, 2.24) is 24.1 Å². The number of hydrogen-bond donors (Lipinski definition) is 1. The molecule has 0 bridgehead atoms. The Morgan fingerprint density at radius 1 is 1.10 bits per heavy atom. The second kappa shape index (κ2) is 6.80. The van der Waals surface area contributed by atoms with E-state index in [0.717, 1.165) is 29.3 Å². The minimum absolute atomic E-state index is 0.139. The highest BCUT2D eigenvalue weighted by Gasteiger charge is 2.25. The lowest BCUT2D eigenvalue weighted by Crippen LogP contribution is -2.26. The van der Waals surface area contributed by atoms with Gasteiger partial charge in [-0.3, -0.25) is 14.3 Å². The van der Waals surface area contributed by atoms with Crippen LogP contribution in [0.4, 0.5) is 5.82 Å². The van der Waals surface area contributed by atoms with Crippen molar-refractivity contribution in [2.75, 3.05) is 5.32 Å². The number of benzene rings is 1. The van der Waals surface area contributed by atoms with Gasteiger partial charge >= 0.3 is 0 Å². The van der Waals surface area contributed by atoms with Crippen molar-refractivity contribution in [2.24, 2.45) is 14.1 Å². The summed E-state index contributed by atoms with van der Waals surface area (Å²) in [7, 11) is 3.39. The van der Waals surface area contributed by atoms with Crippen molar-refractivity contribution in [3.8, 4) is 6.07 Å². The number of rotatable bonds is 4. The van der Waals surface area contributed by atoms with Crippen LogP contribution in [0.1, 0.15) is 43.1 Å². The third-order valence-electron chi connectivity index (χ3n) is 5.89. The summed E-state index contributed by atoms with van der Waals surface area (Å²) in [5.41, 5.74) is 1.79. The molecule has 0 amide bonds. The van der Waals surface area contributed by atoms with Crippen molar-refractivity contribution in [1.29, 1.82) is 5.26 Å². The molecule has 3 heterocycles. The number of nitrogens with zero attached hydrogens (tertiary/aromatic N) is 6. The zero-order chi connectivity index (χ0) is 21.9. The molecule has 1 aliphatic rings. The lowest BCUT2D eigenvalue weighted by molar-refractivity contribution is 0.698. The number of pyridine rings is 1. The predicted molar refractivity (Wildman–Crippen MR) is 117 cm³/mol. The first kappa shape index (κ1) is 19.1. The zero-order valence-electron chi connectivity index (χ0n) is 17.5. The molecule has 0 aliphatic heterocycles. The first-order valence-corrected chi connectivity index (χ1v) is 10.1. The molecule has 0 saturated heterocycles. The van der Waals surface area contributed by atoms with Crippen molar-refractivity contribution in [2.45, 2.75) is 31.8 Å². The van der Waals surface area contributed by atoms with Gasteiger partial charge in [-0.05, 0) is 37.5 Å². The topological polar surface area (TPSA) is 111 Å². The summed E-state index contributed by atoms with van der Waals surface area (Å²) in [6.45, 7) is 2.00. The Kier molecular flexibility index (Phi) is 4.18. The van der Waals surface area contributed by atoms with E-state index in [1.54, 1.807) is 22.5 Å². The van der Waals surface area contributed by atoms with E-state index >= 15 is 0 Å². The molecule has 5 rings (SSSR count). The van der Waals surface area contributed by atoms with Crippen molar-refractivity contribution in [3.05, 3.63) is 62.4 Å². The molecule has 1 aliphatic carbocycles. The summed E-state index contributed by atoms with van der Waals surface area (Å²) in [6.07, 6.45) is 3.69. The number of aromatic nitrogens is 5. The first-order valence-electron chi connectivity index (χ1n) is 10.1. The van der Waals surface area contributed by atoms with E-state index in [2.05, 4.69) is 21.6 Å². The van der Waals surface area contributed by atoms with Crippen LogP contribution in [0, 0.1) is 11.3 Å². The second-order valence-electron chi connectivity index (χ2n) is 8.08. The Balaban J connectivity index is 1.59. The molecular formula is C22H21N7O2. The van der Waals surface area contributed by atoms with Crippen LogP contribution < -0.4 is 16.4 Å². The Bertz CT molecular complexity index is 1520. The Morgan fingerprint density at radius 2 is 1.87 bits per heavy atom. The maximum Gasteiger partial charge on any atom is 0.274 e. The fourth-order valence-electron chi connectivity index (χ4n) is 4.00. The molecule has 0 unspecified atom stereocenters. The van der Waals surface area contributed by atoms with Gasteiger partial charge < -0.3 is 9.88 Å². The molecule has 156 valence electrons. The SMILES string of the molecule is C[C@@H](Nc1nn(C)c(=O)c2cc(=O)n(C3CC3)cc12)c1ccc2c(C#N)nn(C)c2c1. The summed E-state index contributed by atoms with van der Waals surface area (Å²) in [4.78, 5) is 25.0. The third kappa shape index (κ3) is 3.08. The average Bonchev–Trinajstić information content (AvgIpc) is 3.55. The molecule has 9 nitrogen and oxygen atoms in total. The largest absolute Gasteiger partial charge is 0.362 e. The molecule has 1 aromatic carbocycles. The number of aryl methyl sites for hydroxylation is 2. The van der Waals surface area contributed by atoms with Gasteiger partial charge in [-0.15, -0.1) is 0 Å². The molecule has 1 fully saturated rings. The smallest absolute Gasteiger partial charge is 0.274 e. The monoisotopic (exact) mass is 415 g/mol. The summed E-state index contributed by atoms with van der Waals surface area (Å²) >= 11 is 0. The van der Waals surface area contributed by atoms with Crippen LogP contribution in [0.5, 0.6) is 0 Å². The van der Waals surface area contributed by atoms with E-state index in [1.165, 1.54) is 10.7 Å². The Morgan fingerprint density at radius 3 is 2.58 bits per heavy atom. The van der Waals surface area contributed by atoms with Crippen LogP contribution in [0.2, 0.25) is 0 Å². The predicted octanol–water partition coefficient (Wildman–Crippen LogP) is 2.36. The van der Waals surface area contributed by atoms with Gasteiger partial charge in [-0.25, -0.2) is 4.68 Å². The van der Waals surface area contributed by atoms with Crippen LogP contribution in [0.3, 0.4) is 0 Å². The van der Waals surface area contributed by atoms with E-state index < -0.39 is 0 Å². The number of fused-ring (bicyclic) bond motifs is 2. The summed E-state index contributed by atoms with van der Waals surface area (Å²) in [5, 5.41) is 23.1. The molecule has 1 atom stereocenters. The maximum atomic E-state index is 12.6. The van der Waals surface area contributed by atoms with Crippen LogP contribution in [-0.4, -0.2) is 24.1 Å². The van der Waals surface area contributed by atoms with E-state index in [0.29, 0.717) is 22.3 Å². The van der Waals surface area contributed by atoms with Gasteiger partial charge in [0.2, 0.25) is 0 Å². The van der Waals surface area contributed by atoms with E-state index in [-0.39, 0.29) is 23.2 Å². The summed E-state index contributed by atoms with van der Waals surface area (Å²) in [6, 6.07) is 9.43. The number of nitriles is 1. The highest BCUT2D eigenvalue weighted by atomic mass is 16.1. The van der Waals surface area contributed by atoms with Crippen LogP contribution in [-0.2, 0) is 14.1 Å². The number of hydrogen-bond acceptors (Lipinski definition) is 6. The maximum absolute atomic E-state index is 12.6. The summed E-state index contributed by atoms with van der Waals surface area (Å²) in [5.74, 6) is 0.543. The fourth-order valence-corrected chi connectivity index (χ4v) is 4.00. The van der Waals surface area contributed by atoms with Gasteiger partial charge in [0.1, 0.15) is 6.07 Å².